The van der Waals surface area contributed by atoms with Crippen LogP contribution >= 0.6 is 0 Å². The second kappa shape index (κ2) is 4.82. The average molecular weight is 218 g/mol. The van der Waals surface area contributed by atoms with Gasteiger partial charge < -0.3 is 4.74 Å². The number of hydrogen-bond donors (Lipinski definition) is 0. The Morgan fingerprint density at radius 1 is 1.47 bits per heavy atom. The molecule has 0 heterocycles. The number of benzene rings is 1. The van der Waals surface area contributed by atoms with Gasteiger partial charge in [-0.2, -0.15) is 0 Å². The third-order valence-electron chi connectivity index (χ3n) is 1.71. The van der Waals surface area contributed by atoms with Crippen molar-refractivity contribution in [3.63, 3.8) is 0 Å². The first-order valence-electron chi connectivity index (χ1n) is 4.31. The van der Waals surface area contributed by atoms with Gasteiger partial charge in [-0.3, -0.25) is 4.79 Å². The van der Waals surface area contributed by atoms with Crippen molar-refractivity contribution in [1.82, 2.24) is 0 Å². The van der Waals surface area contributed by atoms with Crippen molar-refractivity contribution in [2.24, 2.45) is 0 Å². The Kier molecular flexibility index (Phi) is 3.71. The monoisotopic (exact) mass is 218 g/mol. The maximum Gasteiger partial charge on any atom is 0.300 e. The number of ether oxygens (including phenoxy) is 1. The summed E-state index contributed by atoms with van der Waals surface area (Å²) in [4.78, 5) is 10.9. The van der Waals surface area contributed by atoms with Crippen LogP contribution in [0.4, 0.5) is 13.2 Å². The molecule has 0 spiro atoms. The molecular formula is C10H9F3O2. The highest BCUT2D eigenvalue weighted by Crippen LogP contribution is 2.19. The van der Waals surface area contributed by atoms with Crippen LogP contribution in [0.1, 0.15) is 17.3 Å². The molecule has 0 unspecified atom stereocenters. The topological polar surface area (TPSA) is 26.3 Å². The van der Waals surface area contributed by atoms with Crippen LogP contribution in [0, 0.1) is 5.82 Å². The maximum atomic E-state index is 13.0. The van der Waals surface area contributed by atoms with Crippen molar-refractivity contribution in [2.75, 3.05) is 6.61 Å². The summed E-state index contributed by atoms with van der Waals surface area (Å²) in [6.45, 7) is 2.01. The van der Waals surface area contributed by atoms with Crippen LogP contribution < -0.4 is 4.74 Å². The van der Waals surface area contributed by atoms with Crippen molar-refractivity contribution in [3.05, 3.63) is 29.6 Å². The van der Waals surface area contributed by atoms with Crippen molar-refractivity contribution in [3.8, 4) is 5.75 Å². The molecule has 0 saturated carbocycles. The minimum absolute atomic E-state index is 0.197. The summed E-state index contributed by atoms with van der Waals surface area (Å²) < 4.78 is 42.1. The van der Waals surface area contributed by atoms with E-state index in [1.165, 1.54) is 6.07 Å². The van der Waals surface area contributed by atoms with E-state index in [4.69, 9.17) is 4.74 Å². The van der Waals surface area contributed by atoms with Gasteiger partial charge in [0.2, 0.25) is 5.78 Å². The van der Waals surface area contributed by atoms with Crippen LogP contribution in [0.3, 0.4) is 0 Å². The predicted octanol–water partition coefficient (Wildman–Crippen LogP) is 2.67. The van der Waals surface area contributed by atoms with Crippen LogP contribution in [0.25, 0.3) is 0 Å². The van der Waals surface area contributed by atoms with E-state index in [-0.39, 0.29) is 5.75 Å². The number of halogens is 3. The molecule has 0 fully saturated rings. The standard InChI is InChI=1S/C10H9F3O2/c1-2-15-6-3-4-8(11)7(5-6)9(14)10(12)13/h3-5,10H,2H2,1H3. The molecule has 0 amide bonds. The highest BCUT2D eigenvalue weighted by molar-refractivity contribution is 5.99. The number of rotatable bonds is 4. The third kappa shape index (κ3) is 2.71. The second-order valence-corrected chi connectivity index (χ2v) is 2.74. The number of carbonyl (C=O) groups excluding carboxylic acids is 1. The Balaban J connectivity index is 3.05. The van der Waals surface area contributed by atoms with E-state index in [1.807, 2.05) is 0 Å². The summed E-state index contributed by atoms with van der Waals surface area (Å²) in [6, 6.07) is 3.19. The van der Waals surface area contributed by atoms with Crippen LogP contribution in [0.15, 0.2) is 18.2 Å². The van der Waals surface area contributed by atoms with E-state index >= 15 is 0 Å². The van der Waals surface area contributed by atoms with Gasteiger partial charge in [0.25, 0.3) is 0 Å². The fraction of sp³-hybridized carbons (Fsp3) is 0.300. The Morgan fingerprint density at radius 2 is 2.13 bits per heavy atom. The summed E-state index contributed by atoms with van der Waals surface area (Å²) >= 11 is 0. The number of ketones is 1. The summed E-state index contributed by atoms with van der Waals surface area (Å²) in [5, 5.41) is 0. The molecule has 1 rings (SSSR count). The van der Waals surface area contributed by atoms with Crippen molar-refractivity contribution in [1.29, 1.82) is 0 Å². The SMILES string of the molecule is CCOc1ccc(F)c(C(=O)C(F)F)c1. The summed E-state index contributed by atoms with van der Waals surface area (Å²) in [5.74, 6) is -2.30. The van der Waals surface area contributed by atoms with E-state index in [2.05, 4.69) is 0 Å². The fourth-order valence-corrected chi connectivity index (χ4v) is 1.07. The largest absolute Gasteiger partial charge is 0.494 e. The quantitative estimate of drug-likeness (QED) is 0.726. The van der Waals surface area contributed by atoms with Gasteiger partial charge >= 0.3 is 6.43 Å². The lowest BCUT2D eigenvalue weighted by atomic mass is 10.1. The molecule has 0 aliphatic carbocycles. The number of hydrogen-bond acceptors (Lipinski definition) is 2. The smallest absolute Gasteiger partial charge is 0.300 e. The van der Waals surface area contributed by atoms with Gasteiger partial charge in [-0.05, 0) is 25.1 Å². The number of alkyl halides is 2. The van der Waals surface area contributed by atoms with Gasteiger partial charge in [-0.25, -0.2) is 13.2 Å². The zero-order valence-electron chi connectivity index (χ0n) is 7.97. The average Bonchev–Trinajstić information content (AvgIpc) is 2.20. The van der Waals surface area contributed by atoms with E-state index in [0.29, 0.717) is 6.61 Å². The van der Waals surface area contributed by atoms with E-state index in [0.717, 1.165) is 12.1 Å². The van der Waals surface area contributed by atoms with E-state index in [1.54, 1.807) is 6.92 Å². The molecule has 0 bridgehead atoms. The molecule has 0 aliphatic heterocycles. The highest BCUT2D eigenvalue weighted by atomic mass is 19.3. The first kappa shape index (κ1) is 11.6. The zero-order chi connectivity index (χ0) is 11.4. The van der Waals surface area contributed by atoms with Gasteiger partial charge in [0.1, 0.15) is 11.6 Å². The fourth-order valence-electron chi connectivity index (χ4n) is 1.07. The molecule has 0 atom stereocenters. The molecule has 82 valence electrons. The minimum atomic E-state index is -3.21. The maximum absolute atomic E-state index is 13.0. The Hall–Kier alpha value is -1.52. The minimum Gasteiger partial charge on any atom is -0.494 e. The lowest BCUT2D eigenvalue weighted by Crippen LogP contribution is -2.12. The zero-order valence-corrected chi connectivity index (χ0v) is 7.97. The number of Topliss-reactive ketones (excluding diaryl/α,β-unsaturated/α-hetero) is 1. The van der Waals surface area contributed by atoms with Gasteiger partial charge in [0, 0.05) is 0 Å². The Morgan fingerprint density at radius 3 is 2.67 bits per heavy atom. The molecule has 15 heavy (non-hydrogen) atoms. The molecule has 0 radical (unpaired) electrons. The molecule has 1 aromatic carbocycles. The normalized spacial score (nSPS) is 10.5. The molecule has 0 aromatic heterocycles. The molecule has 1 aromatic rings. The van der Waals surface area contributed by atoms with Crippen LogP contribution in [-0.4, -0.2) is 18.8 Å². The second-order valence-electron chi connectivity index (χ2n) is 2.74. The summed E-state index contributed by atoms with van der Waals surface area (Å²) in [5.41, 5.74) is -0.643. The predicted molar refractivity (Wildman–Crippen MR) is 47.9 cm³/mol. The Labute approximate surface area is 84.7 Å². The molecule has 2 nitrogen and oxygen atoms in total. The van der Waals surface area contributed by atoms with Crippen LogP contribution in [-0.2, 0) is 0 Å². The Bertz CT molecular complexity index is 364. The number of carbonyl (C=O) groups is 1. The van der Waals surface area contributed by atoms with Crippen molar-refractivity contribution in [2.45, 2.75) is 13.3 Å². The first-order chi connectivity index (χ1) is 7.06. The lowest BCUT2D eigenvalue weighted by Gasteiger charge is -2.06. The first-order valence-corrected chi connectivity index (χ1v) is 4.31. The summed E-state index contributed by atoms with van der Waals surface area (Å²) in [6.07, 6.45) is -3.21. The van der Waals surface area contributed by atoms with Gasteiger partial charge in [0.15, 0.2) is 0 Å². The van der Waals surface area contributed by atoms with E-state index in [9.17, 15) is 18.0 Å². The van der Waals surface area contributed by atoms with Crippen molar-refractivity contribution < 1.29 is 22.7 Å². The molecule has 5 heteroatoms. The molecular weight excluding hydrogens is 209 g/mol. The summed E-state index contributed by atoms with van der Waals surface area (Å²) in [7, 11) is 0. The lowest BCUT2D eigenvalue weighted by molar-refractivity contribution is 0.0673. The molecule has 0 aliphatic rings. The van der Waals surface area contributed by atoms with Gasteiger partial charge in [-0.15, -0.1) is 0 Å². The highest BCUT2D eigenvalue weighted by Gasteiger charge is 2.21. The van der Waals surface area contributed by atoms with Gasteiger partial charge in [0.05, 0.1) is 12.2 Å². The van der Waals surface area contributed by atoms with Crippen molar-refractivity contribution >= 4 is 5.78 Å². The van der Waals surface area contributed by atoms with Crippen LogP contribution in [0.2, 0.25) is 0 Å². The van der Waals surface area contributed by atoms with E-state index < -0.39 is 23.6 Å². The molecule has 0 saturated heterocycles. The van der Waals surface area contributed by atoms with Gasteiger partial charge in [-0.1, -0.05) is 0 Å². The molecule has 0 N–H and O–H groups in total. The van der Waals surface area contributed by atoms with Crippen LogP contribution in [0.5, 0.6) is 5.75 Å². The third-order valence-corrected chi connectivity index (χ3v) is 1.71.